The first-order valence-electron chi connectivity index (χ1n) is 7.02. The van der Waals surface area contributed by atoms with Gasteiger partial charge in [-0.15, -0.1) is 0 Å². The molecule has 0 amide bonds. The van der Waals surface area contributed by atoms with Crippen molar-refractivity contribution in [2.45, 2.75) is 26.3 Å². The smallest absolute Gasteiger partial charge is 0.310 e. The molecule has 20 heavy (non-hydrogen) atoms. The highest BCUT2D eigenvalue weighted by molar-refractivity contribution is 5.73. The summed E-state index contributed by atoms with van der Waals surface area (Å²) in [5.74, 6) is -0.244. The minimum absolute atomic E-state index is 0.101. The second kappa shape index (κ2) is 6.53. The highest BCUT2D eigenvalue weighted by atomic mass is 16.5. The second-order valence-corrected chi connectivity index (χ2v) is 5.17. The van der Waals surface area contributed by atoms with Crippen LogP contribution in [0.4, 0.5) is 0 Å². The summed E-state index contributed by atoms with van der Waals surface area (Å²) < 4.78 is 5.06. The van der Waals surface area contributed by atoms with E-state index in [-0.39, 0.29) is 17.9 Å². The number of carbonyl (C=O) groups excluding carboxylic acids is 1. The third-order valence-corrected chi connectivity index (χ3v) is 3.72. The summed E-state index contributed by atoms with van der Waals surface area (Å²) >= 11 is 0. The molecule has 1 fully saturated rings. The van der Waals surface area contributed by atoms with Crippen LogP contribution in [-0.2, 0) is 9.53 Å². The molecule has 2 atom stereocenters. The van der Waals surface area contributed by atoms with Crippen LogP contribution < -0.4 is 0 Å². The van der Waals surface area contributed by atoms with Crippen LogP contribution in [0.5, 0.6) is 0 Å². The fourth-order valence-electron chi connectivity index (χ4n) is 2.59. The van der Waals surface area contributed by atoms with E-state index in [1.165, 1.54) is 5.56 Å². The molecular weight excluding hydrogens is 252 g/mol. The summed E-state index contributed by atoms with van der Waals surface area (Å²) in [6.45, 7) is 5.61. The van der Waals surface area contributed by atoms with Crippen LogP contribution in [0.3, 0.4) is 0 Å². The van der Waals surface area contributed by atoms with Gasteiger partial charge in [0.05, 0.1) is 18.6 Å². The number of hydrogen-bond donors (Lipinski definition) is 0. The van der Waals surface area contributed by atoms with Crippen molar-refractivity contribution in [3.05, 3.63) is 35.4 Å². The Labute approximate surface area is 120 Å². The normalized spacial score (nSPS) is 20.4. The lowest BCUT2D eigenvalue weighted by molar-refractivity contribution is -0.147. The van der Waals surface area contributed by atoms with Crippen LogP contribution in [-0.4, -0.2) is 30.6 Å². The zero-order chi connectivity index (χ0) is 14.5. The molecule has 4 nitrogen and oxygen atoms in total. The van der Waals surface area contributed by atoms with Crippen LogP contribution in [0.25, 0.3) is 0 Å². The van der Waals surface area contributed by atoms with E-state index in [4.69, 9.17) is 4.74 Å². The van der Waals surface area contributed by atoms with Crippen molar-refractivity contribution in [1.82, 2.24) is 4.90 Å². The van der Waals surface area contributed by atoms with E-state index in [9.17, 15) is 10.1 Å². The van der Waals surface area contributed by atoms with Gasteiger partial charge in [-0.1, -0.05) is 29.8 Å². The third-order valence-electron chi connectivity index (χ3n) is 3.72. The number of benzene rings is 1. The van der Waals surface area contributed by atoms with Gasteiger partial charge in [-0.2, -0.15) is 5.26 Å². The number of nitriles is 1. The van der Waals surface area contributed by atoms with Gasteiger partial charge in [0, 0.05) is 13.1 Å². The highest BCUT2D eigenvalue weighted by Crippen LogP contribution is 2.28. The standard InChI is InChI=1S/C16H20N2O2/c1-3-20-16(19)14-8-9-18(11-14)15(10-17)13-6-4-12(2)5-7-13/h4-7,14-15H,3,8-9,11H2,1-2H3. The maximum absolute atomic E-state index is 11.8. The Morgan fingerprint density at radius 1 is 1.50 bits per heavy atom. The minimum Gasteiger partial charge on any atom is -0.466 e. The molecule has 1 aromatic carbocycles. The lowest BCUT2D eigenvalue weighted by Gasteiger charge is -2.22. The molecule has 2 unspecified atom stereocenters. The van der Waals surface area contributed by atoms with Crippen molar-refractivity contribution in [3.8, 4) is 6.07 Å². The van der Waals surface area contributed by atoms with Crippen molar-refractivity contribution in [3.63, 3.8) is 0 Å². The first-order valence-corrected chi connectivity index (χ1v) is 7.02. The van der Waals surface area contributed by atoms with Gasteiger partial charge >= 0.3 is 5.97 Å². The third kappa shape index (κ3) is 3.17. The predicted octanol–water partition coefficient (Wildman–Crippen LogP) is 2.44. The van der Waals surface area contributed by atoms with Gasteiger partial charge in [-0.25, -0.2) is 0 Å². The minimum atomic E-state index is -0.282. The zero-order valence-electron chi connectivity index (χ0n) is 12.0. The molecule has 0 saturated carbocycles. The van der Waals surface area contributed by atoms with E-state index in [0.29, 0.717) is 13.2 Å². The quantitative estimate of drug-likeness (QED) is 0.790. The van der Waals surface area contributed by atoms with E-state index >= 15 is 0 Å². The number of carbonyl (C=O) groups is 1. The van der Waals surface area contributed by atoms with Gasteiger partial charge in [0.25, 0.3) is 0 Å². The van der Waals surface area contributed by atoms with E-state index in [2.05, 4.69) is 11.0 Å². The molecule has 106 valence electrons. The van der Waals surface area contributed by atoms with Gasteiger partial charge < -0.3 is 4.74 Å². The Kier molecular flexibility index (Phi) is 4.75. The number of likely N-dealkylation sites (tertiary alicyclic amines) is 1. The summed E-state index contributed by atoms with van der Waals surface area (Å²) in [6.07, 6.45) is 0.767. The Bertz CT molecular complexity index is 504. The number of hydrogen-bond acceptors (Lipinski definition) is 4. The number of nitrogens with zero attached hydrogens (tertiary/aromatic N) is 2. The topological polar surface area (TPSA) is 53.3 Å². The maximum atomic E-state index is 11.8. The molecule has 2 rings (SSSR count). The van der Waals surface area contributed by atoms with Gasteiger partial charge in [-0.05, 0) is 25.8 Å². The lowest BCUT2D eigenvalue weighted by Crippen LogP contribution is -2.27. The first-order chi connectivity index (χ1) is 9.65. The van der Waals surface area contributed by atoms with Gasteiger partial charge in [0.15, 0.2) is 0 Å². The molecule has 1 aliphatic heterocycles. The largest absolute Gasteiger partial charge is 0.466 e. The SMILES string of the molecule is CCOC(=O)C1CCN(C(C#N)c2ccc(C)cc2)C1. The molecule has 1 saturated heterocycles. The average Bonchev–Trinajstić information content (AvgIpc) is 2.92. The first kappa shape index (κ1) is 14.5. The van der Waals surface area contributed by atoms with E-state index in [1.807, 2.05) is 38.1 Å². The van der Waals surface area contributed by atoms with Crippen LogP contribution >= 0.6 is 0 Å². The van der Waals surface area contributed by atoms with Crippen molar-refractivity contribution in [2.24, 2.45) is 5.92 Å². The zero-order valence-corrected chi connectivity index (χ0v) is 12.0. The summed E-state index contributed by atoms with van der Waals surface area (Å²) in [6, 6.07) is 10.1. The Balaban J connectivity index is 2.05. The number of esters is 1. The molecule has 0 aromatic heterocycles. The average molecular weight is 272 g/mol. The van der Waals surface area contributed by atoms with Crippen molar-refractivity contribution < 1.29 is 9.53 Å². The maximum Gasteiger partial charge on any atom is 0.310 e. The predicted molar refractivity (Wildman–Crippen MR) is 75.8 cm³/mol. The van der Waals surface area contributed by atoms with Gasteiger partial charge in [0.1, 0.15) is 6.04 Å². The molecule has 0 bridgehead atoms. The number of rotatable bonds is 4. The summed E-state index contributed by atoms with van der Waals surface area (Å²) in [5, 5.41) is 9.43. The van der Waals surface area contributed by atoms with Crippen molar-refractivity contribution in [2.75, 3.05) is 19.7 Å². The molecule has 1 heterocycles. The number of ether oxygens (including phenoxy) is 1. The molecule has 1 aliphatic rings. The molecule has 0 spiro atoms. The summed E-state index contributed by atoms with van der Waals surface area (Å²) in [4.78, 5) is 13.8. The van der Waals surface area contributed by atoms with E-state index in [0.717, 1.165) is 18.5 Å². The fraction of sp³-hybridized carbons (Fsp3) is 0.500. The molecule has 0 aliphatic carbocycles. The van der Waals surface area contributed by atoms with Crippen molar-refractivity contribution >= 4 is 5.97 Å². The Hall–Kier alpha value is -1.86. The van der Waals surface area contributed by atoms with Crippen LogP contribution in [0.2, 0.25) is 0 Å². The summed E-state index contributed by atoms with van der Waals surface area (Å²) in [7, 11) is 0. The Morgan fingerprint density at radius 2 is 2.20 bits per heavy atom. The van der Waals surface area contributed by atoms with Crippen molar-refractivity contribution in [1.29, 1.82) is 5.26 Å². The van der Waals surface area contributed by atoms with Crippen LogP contribution in [0.15, 0.2) is 24.3 Å². The molecule has 4 heteroatoms. The highest BCUT2D eigenvalue weighted by Gasteiger charge is 2.33. The lowest BCUT2D eigenvalue weighted by atomic mass is 10.1. The molecule has 0 N–H and O–H groups in total. The van der Waals surface area contributed by atoms with Crippen LogP contribution in [0, 0.1) is 24.2 Å². The number of aryl methyl sites for hydroxylation is 1. The molecule has 0 radical (unpaired) electrons. The van der Waals surface area contributed by atoms with E-state index in [1.54, 1.807) is 0 Å². The molecule has 1 aromatic rings. The monoisotopic (exact) mass is 272 g/mol. The summed E-state index contributed by atoms with van der Waals surface area (Å²) in [5.41, 5.74) is 2.17. The van der Waals surface area contributed by atoms with Crippen LogP contribution in [0.1, 0.15) is 30.5 Å². The molecular formula is C16H20N2O2. The van der Waals surface area contributed by atoms with E-state index < -0.39 is 0 Å². The fourth-order valence-corrected chi connectivity index (χ4v) is 2.59. The van der Waals surface area contributed by atoms with Gasteiger partial charge in [-0.3, -0.25) is 9.69 Å². The Morgan fingerprint density at radius 3 is 2.80 bits per heavy atom. The van der Waals surface area contributed by atoms with Gasteiger partial charge in [0.2, 0.25) is 0 Å². The second-order valence-electron chi connectivity index (χ2n) is 5.17.